The summed E-state index contributed by atoms with van der Waals surface area (Å²) in [7, 11) is -2.50. The summed E-state index contributed by atoms with van der Waals surface area (Å²) in [5, 5.41) is -0.433. The average molecular weight is 319 g/mol. The first-order valence-corrected chi connectivity index (χ1v) is 7.22. The molecular weight excluding hydrogens is 308 g/mol. The molecule has 0 aliphatic carbocycles. The first-order chi connectivity index (χ1) is 9.33. The number of rotatable bonds is 4. The molecule has 0 spiro atoms. The van der Waals surface area contributed by atoms with Gasteiger partial charge >= 0.3 is 0 Å². The van der Waals surface area contributed by atoms with Gasteiger partial charge in [-0.15, -0.1) is 4.83 Å². The van der Waals surface area contributed by atoms with Crippen LogP contribution in [0.25, 0.3) is 0 Å². The maximum atomic E-state index is 11.9. The zero-order valence-corrected chi connectivity index (χ0v) is 12.1. The Hall–Kier alpha value is -1.84. The molecule has 0 atom stereocenters. The molecule has 0 radical (unpaired) electrons. The molecule has 0 fully saturated rings. The zero-order chi connectivity index (χ0) is 14.9. The van der Waals surface area contributed by atoms with Crippen LogP contribution in [0.4, 0.5) is 0 Å². The lowest BCUT2D eigenvalue weighted by Crippen LogP contribution is -2.41. The second-order valence-corrected chi connectivity index (χ2v) is 5.86. The third-order valence-electron chi connectivity index (χ3n) is 2.49. The molecule has 2 rings (SSSR count). The highest BCUT2D eigenvalue weighted by molar-refractivity contribution is 7.89. The number of carbonyl (C=O) groups is 1. The molecule has 108 valence electrons. The molecule has 20 heavy (non-hydrogen) atoms. The van der Waals surface area contributed by atoms with Gasteiger partial charge in [-0.2, -0.15) is 0 Å². The predicted octanol–water partition coefficient (Wildman–Crippen LogP) is 0.598. The Balaban J connectivity index is 2.13. The van der Waals surface area contributed by atoms with Gasteiger partial charge in [0.2, 0.25) is 5.03 Å². The highest BCUT2D eigenvalue weighted by Gasteiger charge is 2.23. The van der Waals surface area contributed by atoms with Gasteiger partial charge < -0.3 is 8.98 Å². The van der Waals surface area contributed by atoms with Crippen LogP contribution in [0.15, 0.2) is 28.1 Å². The number of aromatic nitrogens is 2. The number of hydrazine groups is 1. The highest BCUT2D eigenvalue weighted by atomic mass is 35.5. The van der Waals surface area contributed by atoms with E-state index >= 15 is 0 Å². The lowest BCUT2D eigenvalue weighted by atomic mass is 10.2. The standard InChI is InChI=1S/C10H11ClN4O4S/c1-6-7(3-4-19-6)9(16)13-14-20(17,18)10-8(11)15(2)5-12-10/h3-5,14H,1-2H3,(H,13,16). The van der Waals surface area contributed by atoms with Crippen LogP contribution in [0.3, 0.4) is 0 Å². The molecule has 0 bridgehead atoms. The van der Waals surface area contributed by atoms with E-state index < -0.39 is 15.9 Å². The van der Waals surface area contributed by atoms with Gasteiger partial charge in [0.1, 0.15) is 10.9 Å². The van der Waals surface area contributed by atoms with E-state index in [1.165, 1.54) is 23.2 Å². The van der Waals surface area contributed by atoms with E-state index in [0.717, 1.165) is 0 Å². The first-order valence-electron chi connectivity index (χ1n) is 5.36. The average Bonchev–Trinajstić information content (AvgIpc) is 2.95. The van der Waals surface area contributed by atoms with Crippen molar-refractivity contribution in [2.45, 2.75) is 11.9 Å². The zero-order valence-electron chi connectivity index (χ0n) is 10.5. The van der Waals surface area contributed by atoms with Crippen LogP contribution in [-0.2, 0) is 17.1 Å². The van der Waals surface area contributed by atoms with E-state index in [4.69, 9.17) is 16.0 Å². The monoisotopic (exact) mass is 318 g/mol. The van der Waals surface area contributed by atoms with Crippen molar-refractivity contribution >= 4 is 27.5 Å². The number of nitrogens with one attached hydrogen (secondary N) is 2. The number of furan rings is 1. The Morgan fingerprint density at radius 2 is 2.20 bits per heavy atom. The smallest absolute Gasteiger partial charge is 0.277 e. The Labute approximate surface area is 119 Å². The van der Waals surface area contributed by atoms with E-state index in [1.54, 1.807) is 14.0 Å². The number of sulfonamides is 1. The summed E-state index contributed by atoms with van der Waals surface area (Å²) in [6, 6.07) is 1.42. The summed E-state index contributed by atoms with van der Waals surface area (Å²) in [6.45, 7) is 1.58. The summed E-state index contributed by atoms with van der Waals surface area (Å²) in [5.41, 5.74) is 2.28. The minimum Gasteiger partial charge on any atom is -0.469 e. The van der Waals surface area contributed by atoms with Gasteiger partial charge in [-0.05, 0) is 13.0 Å². The van der Waals surface area contributed by atoms with Crippen molar-refractivity contribution in [1.82, 2.24) is 19.8 Å². The van der Waals surface area contributed by atoms with Gasteiger partial charge in [-0.25, -0.2) is 13.4 Å². The predicted molar refractivity (Wildman–Crippen MR) is 69.5 cm³/mol. The number of imidazole rings is 1. The number of carbonyl (C=O) groups excluding carboxylic acids is 1. The molecule has 0 aromatic carbocycles. The number of aryl methyl sites for hydroxylation is 2. The Bertz CT molecular complexity index is 749. The van der Waals surface area contributed by atoms with E-state index in [0.29, 0.717) is 5.76 Å². The van der Waals surface area contributed by atoms with Gasteiger partial charge in [-0.1, -0.05) is 11.6 Å². The fourth-order valence-electron chi connectivity index (χ4n) is 1.42. The number of hydrogen-bond acceptors (Lipinski definition) is 5. The van der Waals surface area contributed by atoms with Crippen molar-refractivity contribution < 1.29 is 17.6 Å². The Kier molecular flexibility index (Phi) is 3.84. The summed E-state index contributed by atoms with van der Waals surface area (Å²) in [5.74, 6) is -0.274. The van der Waals surface area contributed by atoms with Crippen LogP contribution in [0.1, 0.15) is 16.1 Å². The van der Waals surface area contributed by atoms with Gasteiger partial charge in [0.05, 0.1) is 18.2 Å². The number of amides is 1. The molecule has 2 N–H and O–H groups in total. The summed E-state index contributed by atoms with van der Waals surface area (Å²) >= 11 is 5.79. The minimum absolute atomic E-state index is 0.0637. The van der Waals surface area contributed by atoms with Crippen molar-refractivity contribution in [2.75, 3.05) is 0 Å². The van der Waals surface area contributed by atoms with E-state index in [2.05, 4.69) is 10.4 Å². The maximum absolute atomic E-state index is 11.9. The van der Waals surface area contributed by atoms with Crippen LogP contribution < -0.4 is 10.3 Å². The van der Waals surface area contributed by atoms with E-state index in [-0.39, 0.29) is 15.7 Å². The molecule has 0 aliphatic rings. The van der Waals surface area contributed by atoms with Crippen molar-refractivity contribution in [1.29, 1.82) is 0 Å². The summed E-state index contributed by atoms with van der Waals surface area (Å²) < 4.78 is 30.1. The molecule has 0 saturated carbocycles. The third-order valence-corrected chi connectivity index (χ3v) is 4.23. The molecular formula is C10H11ClN4O4S. The van der Waals surface area contributed by atoms with Crippen molar-refractivity contribution in [3.05, 3.63) is 35.1 Å². The number of halogens is 1. The Morgan fingerprint density at radius 1 is 1.50 bits per heavy atom. The minimum atomic E-state index is -4.05. The maximum Gasteiger partial charge on any atom is 0.277 e. The van der Waals surface area contributed by atoms with Gasteiger partial charge in [-0.3, -0.25) is 10.2 Å². The van der Waals surface area contributed by atoms with Gasteiger partial charge in [0.15, 0.2) is 0 Å². The van der Waals surface area contributed by atoms with Crippen molar-refractivity contribution in [2.24, 2.45) is 7.05 Å². The second kappa shape index (κ2) is 5.27. The molecule has 1 amide bonds. The van der Waals surface area contributed by atoms with E-state index in [1.807, 2.05) is 4.83 Å². The van der Waals surface area contributed by atoms with Crippen molar-refractivity contribution in [3.63, 3.8) is 0 Å². The fourth-order valence-corrected chi connectivity index (χ4v) is 2.70. The topological polar surface area (TPSA) is 106 Å². The van der Waals surface area contributed by atoms with Crippen LogP contribution in [0.2, 0.25) is 5.15 Å². The molecule has 0 saturated heterocycles. The van der Waals surface area contributed by atoms with Crippen LogP contribution >= 0.6 is 11.6 Å². The lowest BCUT2D eigenvalue weighted by Gasteiger charge is -2.06. The first kappa shape index (κ1) is 14.6. The van der Waals surface area contributed by atoms with Crippen LogP contribution in [0.5, 0.6) is 0 Å². The summed E-state index contributed by atoms with van der Waals surface area (Å²) in [6.07, 6.45) is 2.58. The molecule has 2 heterocycles. The summed E-state index contributed by atoms with van der Waals surface area (Å²) in [4.78, 5) is 17.3. The van der Waals surface area contributed by atoms with Crippen LogP contribution in [-0.4, -0.2) is 23.9 Å². The molecule has 10 heteroatoms. The third kappa shape index (κ3) is 2.69. The molecule has 0 unspecified atom stereocenters. The normalized spacial score (nSPS) is 11.6. The van der Waals surface area contributed by atoms with E-state index in [9.17, 15) is 13.2 Å². The fraction of sp³-hybridized carbons (Fsp3) is 0.200. The largest absolute Gasteiger partial charge is 0.469 e. The SMILES string of the molecule is Cc1occc1C(=O)NNS(=O)(=O)c1ncn(C)c1Cl. The van der Waals surface area contributed by atoms with Gasteiger partial charge in [0, 0.05) is 7.05 Å². The number of hydrogen-bond donors (Lipinski definition) is 2. The lowest BCUT2D eigenvalue weighted by molar-refractivity contribution is 0.0943. The van der Waals surface area contributed by atoms with Gasteiger partial charge in [0.25, 0.3) is 15.9 Å². The number of nitrogens with zero attached hydrogens (tertiary/aromatic N) is 2. The highest BCUT2D eigenvalue weighted by Crippen LogP contribution is 2.17. The quantitative estimate of drug-likeness (QED) is 0.803. The molecule has 0 aliphatic heterocycles. The second-order valence-electron chi connectivity index (χ2n) is 3.90. The molecule has 2 aromatic rings. The van der Waals surface area contributed by atoms with Crippen LogP contribution in [0, 0.1) is 6.92 Å². The van der Waals surface area contributed by atoms with Crippen molar-refractivity contribution in [3.8, 4) is 0 Å². The molecule has 8 nitrogen and oxygen atoms in total. The molecule has 2 aromatic heterocycles. The Morgan fingerprint density at radius 3 is 2.70 bits per heavy atom.